The third-order valence-corrected chi connectivity index (χ3v) is 6.79. The van der Waals surface area contributed by atoms with E-state index in [1.54, 1.807) is 28.9 Å². The summed E-state index contributed by atoms with van der Waals surface area (Å²) < 4.78 is 48.8. The lowest BCUT2D eigenvalue weighted by Gasteiger charge is -2.31. The normalized spacial score (nSPS) is 14.8. The van der Waals surface area contributed by atoms with E-state index in [9.17, 15) is 22.8 Å². The van der Waals surface area contributed by atoms with Crippen LogP contribution in [-0.4, -0.2) is 46.8 Å². The zero-order valence-electron chi connectivity index (χ0n) is 21.9. The van der Waals surface area contributed by atoms with Crippen molar-refractivity contribution in [3.8, 4) is 17.3 Å². The Morgan fingerprint density at radius 1 is 1.07 bits per heavy atom. The number of nitrogens with one attached hydrogen (secondary N) is 2. The molecular weight excluding hydrogens is 529 g/mol. The van der Waals surface area contributed by atoms with E-state index in [4.69, 9.17) is 9.84 Å². The molecule has 1 aliphatic carbocycles. The fourth-order valence-corrected chi connectivity index (χ4v) is 4.88. The van der Waals surface area contributed by atoms with E-state index in [0.717, 1.165) is 43.4 Å². The van der Waals surface area contributed by atoms with Gasteiger partial charge in [0, 0.05) is 24.0 Å². The molecule has 12 heteroatoms. The molecule has 1 unspecified atom stereocenters. The second-order valence-electron chi connectivity index (χ2n) is 9.58. The van der Waals surface area contributed by atoms with E-state index < -0.39 is 12.3 Å². The predicted octanol–water partition coefficient (Wildman–Crippen LogP) is 5.72. The van der Waals surface area contributed by atoms with Crippen LogP contribution in [0.25, 0.3) is 5.69 Å². The number of anilines is 1. The first-order valence-electron chi connectivity index (χ1n) is 13.0. The van der Waals surface area contributed by atoms with Crippen molar-refractivity contribution in [3.05, 3.63) is 65.9 Å². The molecule has 1 heterocycles. The molecule has 3 N–H and O–H groups in total. The SMILES string of the molecule is COc1nn(-c2ccc(OC(F)(F)F)cc2)cc1C(Nc1ccc(C(=O)NCCC(=O)O)cc1)C1CCCCC1. The lowest BCUT2D eigenvalue weighted by Crippen LogP contribution is -2.26. The van der Waals surface area contributed by atoms with E-state index in [1.165, 1.54) is 31.4 Å². The fourth-order valence-electron chi connectivity index (χ4n) is 4.88. The Hall–Kier alpha value is -4.22. The van der Waals surface area contributed by atoms with Crippen molar-refractivity contribution in [2.45, 2.75) is 50.9 Å². The summed E-state index contributed by atoms with van der Waals surface area (Å²) in [5, 5.41) is 19.4. The molecule has 0 radical (unpaired) electrons. The van der Waals surface area contributed by atoms with Crippen LogP contribution in [0.1, 0.15) is 60.5 Å². The summed E-state index contributed by atoms with van der Waals surface area (Å²) in [5.74, 6) is -0.989. The van der Waals surface area contributed by atoms with Crippen molar-refractivity contribution >= 4 is 17.6 Å². The first-order valence-corrected chi connectivity index (χ1v) is 13.0. The van der Waals surface area contributed by atoms with Crippen LogP contribution in [0.4, 0.5) is 18.9 Å². The van der Waals surface area contributed by atoms with Crippen molar-refractivity contribution in [1.82, 2.24) is 15.1 Å². The average Bonchev–Trinajstić information content (AvgIpc) is 3.36. The summed E-state index contributed by atoms with van der Waals surface area (Å²) in [5.41, 5.74) is 2.54. The summed E-state index contributed by atoms with van der Waals surface area (Å²) in [4.78, 5) is 23.0. The highest BCUT2D eigenvalue weighted by Gasteiger charge is 2.32. The molecule has 4 rings (SSSR count). The number of hydrogen-bond acceptors (Lipinski definition) is 6. The molecule has 1 saturated carbocycles. The number of carboxylic acid groups (broad SMARTS) is 1. The van der Waals surface area contributed by atoms with Crippen molar-refractivity contribution in [2.24, 2.45) is 5.92 Å². The molecule has 40 heavy (non-hydrogen) atoms. The highest BCUT2D eigenvalue weighted by Crippen LogP contribution is 2.40. The zero-order valence-corrected chi connectivity index (χ0v) is 21.9. The highest BCUT2D eigenvalue weighted by atomic mass is 19.4. The molecule has 0 bridgehead atoms. The van der Waals surface area contributed by atoms with Crippen LogP contribution in [0.15, 0.2) is 54.7 Å². The van der Waals surface area contributed by atoms with Gasteiger partial charge in [-0.15, -0.1) is 18.3 Å². The number of nitrogens with zero attached hydrogens (tertiary/aromatic N) is 2. The molecule has 2 aromatic carbocycles. The van der Waals surface area contributed by atoms with Crippen LogP contribution in [0.2, 0.25) is 0 Å². The van der Waals surface area contributed by atoms with Gasteiger partial charge in [0.05, 0.1) is 30.8 Å². The van der Waals surface area contributed by atoms with E-state index in [2.05, 4.69) is 20.5 Å². The molecule has 0 aliphatic heterocycles. The Bertz CT molecular complexity index is 1290. The van der Waals surface area contributed by atoms with E-state index in [1.807, 2.05) is 6.20 Å². The van der Waals surface area contributed by atoms with E-state index >= 15 is 0 Å². The van der Waals surface area contributed by atoms with E-state index in [-0.39, 0.29) is 36.6 Å². The van der Waals surface area contributed by atoms with Gasteiger partial charge in [-0.05, 0) is 67.3 Å². The summed E-state index contributed by atoms with van der Waals surface area (Å²) >= 11 is 0. The summed E-state index contributed by atoms with van der Waals surface area (Å²) in [6, 6.07) is 12.2. The van der Waals surface area contributed by atoms with Gasteiger partial charge < -0.3 is 25.2 Å². The predicted molar refractivity (Wildman–Crippen MR) is 141 cm³/mol. The molecular formula is C28H31F3N4O5. The number of carbonyl (C=O) groups excluding carboxylic acids is 1. The molecule has 214 valence electrons. The zero-order chi connectivity index (χ0) is 28.7. The quantitative estimate of drug-likeness (QED) is 0.275. The summed E-state index contributed by atoms with van der Waals surface area (Å²) in [6.45, 7) is 0.0415. The standard InChI is InChI=1S/C28H31F3N4O5/c1-39-27-23(17-35(34-27)21-11-13-22(14-12-21)40-28(29,30)31)25(18-5-3-2-4-6-18)33-20-9-7-19(8-10-20)26(38)32-16-15-24(36)37/h7-14,17-18,25,33H,2-6,15-16H2,1H3,(H,32,38)(H,36,37). The van der Waals surface area contributed by atoms with Gasteiger partial charge in [0.15, 0.2) is 0 Å². The monoisotopic (exact) mass is 560 g/mol. The number of hydrogen-bond donors (Lipinski definition) is 3. The average molecular weight is 561 g/mol. The van der Waals surface area contributed by atoms with Gasteiger partial charge in [-0.1, -0.05) is 19.3 Å². The topological polar surface area (TPSA) is 115 Å². The number of benzene rings is 2. The number of amides is 1. The Labute approximate surface area is 229 Å². The summed E-state index contributed by atoms with van der Waals surface area (Å²) in [6.07, 6.45) is 2.23. The third kappa shape index (κ3) is 7.67. The van der Waals surface area contributed by atoms with Crippen molar-refractivity contribution in [2.75, 3.05) is 19.0 Å². The van der Waals surface area contributed by atoms with Gasteiger partial charge in [0.1, 0.15) is 5.75 Å². The van der Waals surface area contributed by atoms with Gasteiger partial charge >= 0.3 is 12.3 Å². The molecule has 1 atom stereocenters. The van der Waals surface area contributed by atoms with Gasteiger partial charge in [-0.3, -0.25) is 9.59 Å². The lowest BCUT2D eigenvalue weighted by molar-refractivity contribution is -0.274. The number of methoxy groups -OCH3 is 1. The van der Waals surface area contributed by atoms with Crippen molar-refractivity contribution in [3.63, 3.8) is 0 Å². The minimum atomic E-state index is -4.77. The Balaban J connectivity index is 1.56. The number of halogens is 3. The number of rotatable bonds is 11. The van der Waals surface area contributed by atoms with Gasteiger partial charge in [0.25, 0.3) is 5.91 Å². The van der Waals surface area contributed by atoms with Crippen LogP contribution >= 0.6 is 0 Å². The van der Waals surface area contributed by atoms with Crippen LogP contribution in [0, 0.1) is 5.92 Å². The minimum Gasteiger partial charge on any atom is -0.481 e. The molecule has 0 spiro atoms. The highest BCUT2D eigenvalue weighted by molar-refractivity contribution is 5.94. The largest absolute Gasteiger partial charge is 0.573 e. The van der Waals surface area contributed by atoms with Crippen LogP contribution < -0.4 is 20.1 Å². The molecule has 9 nitrogen and oxygen atoms in total. The van der Waals surface area contributed by atoms with Crippen LogP contribution in [-0.2, 0) is 4.79 Å². The Morgan fingerprint density at radius 3 is 2.35 bits per heavy atom. The number of carboxylic acids is 1. The second kappa shape index (κ2) is 12.8. The number of aromatic nitrogens is 2. The molecule has 1 aromatic heterocycles. The van der Waals surface area contributed by atoms with Gasteiger partial charge in [-0.2, -0.15) is 0 Å². The molecule has 1 amide bonds. The van der Waals surface area contributed by atoms with Crippen LogP contribution in [0.5, 0.6) is 11.6 Å². The maximum atomic E-state index is 12.5. The molecule has 1 fully saturated rings. The van der Waals surface area contributed by atoms with Crippen LogP contribution in [0.3, 0.4) is 0 Å². The van der Waals surface area contributed by atoms with Crippen molar-refractivity contribution in [1.29, 1.82) is 0 Å². The molecule has 0 saturated heterocycles. The number of alkyl halides is 3. The molecule has 3 aromatic rings. The first kappa shape index (κ1) is 28.8. The van der Waals surface area contributed by atoms with Gasteiger partial charge in [-0.25, -0.2) is 4.68 Å². The third-order valence-electron chi connectivity index (χ3n) is 6.79. The Kier molecular flexibility index (Phi) is 9.18. The molecule has 1 aliphatic rings. The summed E-state index contributed by atoms with van der Waals surface area (Å²) in [7, 11) is 1.52. The number of carbonyl (C=O) groups is 2. The maximum Gasteiger partial charge on any atom is 0.573 e. The maximum absolute atomic E-state index is 12.5. The minimum absolute atomic E-state index is 0.0415. The number of ether oxygens (including phenoxy) is 2. The van der Waals surface area contributed by atoms with E-state index in [0.29, 0.717) is 17.1 Å². The second-order valence-corrected chi connectivity index (χ2v) is 9.58. The Morgan fingerprint density at radius 2 is 1.75 bits per heavy atom. The smallest absolute Gasteiger partial charge is 0.481 e. The first-order chi connectivity index (χ1) is 19.1. The number of aliphatic carboxylic acids is 1. The lowest BCUT2D eigenvalue weighted by atomic mass is 9.81. The van der Waals surface area contributed by atoms with Gasteiger partial charge in [0.2, 0.25) is 5.88 Å². The fraction of sp³-hybridized carbons (Fsp3) is 0.393. The van der Waals surface area contributed by atoms with Crippen molar-refractivity contribution < 1.29 is 37.3 Å².